The number of amides is 2. The standard InChI is InChI=1S/C43H51N3O6/c1-42(2,3)51-40(47)44-36(23-30-15-9-7-10-16-30)28-49-26-34-21-13-19-32-25-33-20-14-22-35(39(33)46-38(32)34)27-50-29-37(24-31-17-11-8-12-18-31)45-41(48)52-43(4,5)6/h7-22,25,36-37H,23-24,26-29H2,1-6H3,(H,44,47)(H,45,48)/t36-,37-/m1/s1. The quantitative estimate of drug-likeness (QED) is 0.111. The summed E-state index contributed by atoms with van der Waals surface area (Å²) < 4.78 is 23.6. The number of alkyl carbamates (subject to hydrolysis) is 2. The van der Waals surface area contributed by atoms with Crippen LogP contribution in [-0.2, 0) is 45.0 Å². The number of nitrogens with one attached hydrogen (secondary N) is 2. The topological polar surface area (TPSA) is 108 Å². The van der Waals surface area contributed by atoms with Crippen LogP contribution in [0.1, 0.15) is 63.8 Å². The number of para-hydroxylation sites is 2. The Kier molecular flexibility index (Phi) is 12.9. The van der Waals surface area contributed by atoms with E-state index in [1.165, 1.54) is 0 Å². The first-order chi connectivity index (χ1) is 24.8. The molecule has 0 aliphatic rings. The fourth-order valence-electron chi connectivity index (χ4n) is 5.91. The number of fused-ring (bicyclic) bond motifs is 2. The van der Waals surface area contributed by atoms with Crippen LogP contribution in [0, 0.1) is 0 Å². The molecule has 1 aromatic heterocycles. The molecule has 0 spiro atoms. The van der Waals surface area contributed by atoms with E-state index in [9.17, 15) is 9.59 Å². The van der Waals surface area contributed by atoms with Gasteiger partial charge in [-0.1, -0.05) is 97.1 Å². The van der Waals surface area contributed by atoms with Crippen molar-refractivity contribution in [1.82, 2.24) is 15.6 Å². The predicted octanol–water partition coefficient (Wildman–Crippen LogP) is 8.69. The van der Waals surface area contributed by atoms with E-state index in [0.29, 0.717) is 39.3 Å². The fourth-order valence-corrected chi connectivity index (χ4v) is 5.91. The maximum absolute atomic E-state index is 12.7. The van der Waals surface area contributed by atoms with Gasteiger partial charge in [0.05, 0.1) is 49.5 Å². The molecule has 0 saturated carbocycles. The molecule has 0 fully saturated rings. The molecule has 2 N–H and O–H groups in total. The SMILES string of the molecule is CC(C)(C)OC(=O)N[C@@H](COCc1cccc2cc3cccc(COC[C@@H](Cc4ccccc4)NC(=O)OC(C)(C)C)c3nc12)Cc1ccccc1. The van der Waals surface area contributed by atoms with Gasteiger partial charge in [0.25, 0.3) is 0 Å². The molecule has 0 unspecified atom stereocenters. The Balaban J connectivity index is 1.29. The van der Waals surface area contributed by atoms with Gasteiger partial charge in [0.1, 0.15) is 11.2 Å². The number of rotatable bonds is 14. The first-order valence-electron chi connectivity index (χ1n) is 17.8. The highest BCUT2D eigenvalue weighted by Gasteiger charge is 2.22. The molecular formula is C43H51N3O6. The number of nitrogens with zero attached hydrogens (tertiary/aromatic N) is 1. The van der Waals surface area contributed by atoms with Crippen LogP contribution in [0.5, 0.6) is 0 Å². The minimum absolute atomic E-state index is 0.290. The predicted molar refractivity (Wildman–Crippen MR) is 205 cm³/mol. The molecule has 9 heteroatoms. The first kappa shape index (κ1) is 38.2. The lowest BCUT2D eigenvalue weighted by Crippen LogP contribution is -2.42. The highest BCUT2D eigenvalue weighted by Crippen LogP contribution is 2.26. The zero-order chi connectivity index (χ0) is 37.1. The van der Waals surface area contributed by atoms with E-state index in [-0.39, 0.29) is 12.1 Å². The zero-order valence-corrected chi connectivity index (χ0v) is 31.1. The van der Waals surface area contributed by atoms with Crippen LogP contribution < -0.4 is 10.6 Å². The summed E-state index contributed by atoms with van der Waals surface area (Å²) in [4.78, 5) is 30.5. The van der Waals surface area contributed by atoms with E-state index in [4.69, 9.17) is 23.9 Å². The van der Waals surface area contributed by atoms with Gasteiger partial charge < -0.3 is 29.6 Å². The Bertz CT molecular complexity index is 1780. The van der Waals surface area contributed by atoms with Crippen molar-refractivity contribution in [3.05, 3.63) is 125 Å². The van der Waals surface area contributed by atoms with Gasteiger partial charge in [-0.3, -0.25) is 0 Å². The van der Waals surface area contributed by atoms with Crippen molar-refractivity contribution in [3.8, 4) is 0 Å². The van der Waals surface area contributed by atoms with Crippen LogP contribution in [0.15, 0.2) is 103 Å². The summed E-state index contributed by atoms with van der Waals surface area (Å²) in [5, 5.41) is 7.99. The minimum atomic E-state index is -0.607. The number of benzene rings is 4. The molecule has 4 aromatic carbocycles. The van der Waals surface area contributed by atoms with Crippen molar-refractivity contribution in [2.75, 3.05) is 13.2 Å². The molecule has 9 nitrogen and oxygen atoms in total. The number of hydrogen-bond donors (Lipinski definition) is 2. The molecule has 0 aliphatic heterocycles. The molecule has 0 saturated heterocycles. The van der Waals surface area contributed by atoms with E-state index in [2.05, 4.69) is 16.7 Å². The summed E-state index contributed by atoms with van der Waals surface area (Å²) in [6.07, 6.45) is 0.247. The number of carbonyl (C=O) groups is 2. The van der Waals surface area contributed by atoms with Gasteiger partial charge in [-0.2, -0.15) is 0 Å². The third-order valence-electron chi connectivity index (χ3n) is 8.08. The lowest BCUT2D eigenvalue weighted by molar-refractivity contribution is 0.0420. The van der Waals surface area contributed by atoms with Crippen molar-refractivity contribution in [2.45, 2.75) is 90.9 Å². The molecule has 1 heterocycles. The highest BCUT2D eigenvalue weighted by molar-refractivity contribution is 5.95. The second-order valence-corrected chi connectivity index (χ2v) is 15.1. The van der Waals surface area contributed by atoms with E-state index in [0.717, 1.165) is 44.1 Å². The monoisotopic (exact) mass is 705 g/mol. The molecule has 52 heavy (non-hydrogen) atoms. The maximum atomic E-state index is 12.7. The molecule has 5 aromatic rings. The molecule has 5 rings (SSSR count). The second kappa shape index (κ2) is 17.5. The third-order valence-corrected chi connectivity index (χ3v) is 8.08. The largest absolute Gasteiger partial charge is 0.444 e. The smallest absolute Gasteiger partial charge is 0.407 e. The number of pyridine rings is 1. The first-order valence-corrected chi connectivity index (χ1v) is 17.8. The van der Waals surface area contributed by atoms with E-state index >= 15 is 0 Å². The van der Waals surface area contributed by atoms with Gasteiger partial charge in [-0.05, 0) is 71.6 Å². The number of carbonyl (C=O) groups excluding carboxylic acids is 2. The van der Waals surface area contributed by atoms with Gasteiger partial charge in [-0.15, -0.1) is 0 Å². The van der Waals surface area contributed by atoms with Crippen LogP contribution in [0.3, 0.4) is 0 Å². The molecule has 274 valence electrons. The average Bonchev–Trinajstić information content (AvgIpc) is 3.07. The van der Waals surface area contributed by atoms with Gasteiger partial charge in [0.2, 0.25) is 0 Å². The van der Waals surface area contributed by atoms with Gasteiger partial charge in [0.15, 0.2) is 0 Å². The lowest BCUT2D eigenvalue weighted by atomic mass is 10.0. The van der Waals surface area contributed by atoms with E-state index < -0.39 is 23.4 Å². The highest BCUT2D eigenvalue weighted by atomic mass is 16.6. The zero-order valence-electron chi connectivity index (χ0n) is 31.1. The van der Waals surface area contributed by atoms with Crippen molar-refractivity contribution < 1.29 is 28.5 Å². The van der Waals surface area contributed by atoms with Crippen LogP contribution in [-0.4, -0.2) is 53.7 Å². The Morgan fingerprint density at radius 1 is 0.577 bits per heavy atom. The van der Waals surface area contributed by atoms with Crippen LogP contribution in [0.4, 0.5) is 9.59 Å². The minimum Gasteiger partial charge on any atom is -0.444 e. The lowest BCUT2D eigenvalue weighted by Gasteiger charge is -2.24. The summed E-state index contributed by atoms with van der Waals surface area (Å²) in [7, 11) is 0. The summed E-state index contributed by atoms with van der Waals surface area (Å²) in [6.45, 7) is 12.3. The maximum Gasteiger partial charge on any atom is 0.407 e. The summed E-state index contributed by atoms with van der Waals surface area (Å²) in [5.74, 6) is 0. The summed E-state index contributed by atoms with van der Waals surface area (Å²) in [6, 6.07) is 33.7. The molecule has 0 bridgehead atoms. The Morgan fingerprint density at radius 2 is 0.981 bits per heavy atom. The summed E-state index contributed by atoms with van der Waals surface area (Å²) in [5.41, 5.74) is 4.53. The third kappa shape index (κ3) is 12.1. The molecule has 2 atom stereocenters. The van der Waals surface area contributed by atoms with Gasteiger partial charge in [0, 0.05) is 21.9 Å². The Morgan fingerprint density at radius 3 is 1.37 bits per heavy atom. The van der Waals surface area contributed by atoms with Crippen LogP contribution >= 0.6 is 0 Å². The molecular weight excluding hydrogens is 654 g/mol. The summed E-state index contributed by atoms with van der Waals surface area (Å²) >= 11 is 0. The fraction of sp³-hybridized carbons (Fsp3) is 0.372. The second-order valence-electron chi connectivity index (χ2n) is 15.1. The number of aromatic nitrogens is 1. The van der Waals surface area contributed by atoms with Crippen molar-refractivity contribution in [1.29, 1.82) is 0 Å². The molecule has 0 radical (unpaired) electrons. The molecule has 2 amide bonds. The van der Waals surface area contributed by atoms with E-state index in [1.807, 2.05) is 139 Å². The van der Waals surface area contributed by atoms with Crippen LogP contribution in [0.2, 0.25) is 0 Å². The Hall–Kier alpha value is -4.99. The van der Waals surface area contributed by atoms with Crippen LogP contribution in [0.25, 0.3) is 21.8 Å². The number of hydrogen-bond acceptors (Lipinski definition) is 7. The van der Waals surface area contributed by atoms with E-state index in [1.54, 1.807) is 0 Å². The van der Waals surface area contributed by atoms with Gasteiger partial charge in [-0.25, -0.2) is 14.6 Å². The van der Waals surface area contributed by atoms with Gasteiger partial charge >= 0.3 is 12.2 Å². The van der Waals surface area contributed by atoms with Crippen molar-refractivity contribution in [3.63, 3.8) is 0 Å². The molecule has 0 aliphatic carbocycles. The number of ether oxygens (including phenoxy) is 4. The average molecular weight is 706 g/mol. The normalized spacial score (nSPS) is 13.0. The van der Waals surface area contributed by atoms with Crippen molar-refractivity contribution in [2.24, 2.45) is 0 Å². The van der Waals surface area contributed by atoms with Crippen molar-refractivity contribution >= 4 is 34.0 Å². The Labute approximate surface area is 307 Å².